The van der Waals surface area contributed by atoms with Crippen LogP contribution in [0.5, 0.6) is 11.5 Å². The Morgan fingerprint density at radius 3 is 2.32 bits per heavy atom. The topological polar surface area (TPSA) is 52.6 Å². The van der Waals surface area contributed by atoms with Crippen LogP contribution in [0.3, 0.4) is 0 Å². The highest BCUT2D eigenvalue weighted by molar-refractivity contribution is 6.02. The van der Waals surface area contributed by atoms with Crippen molar-refractivity contribution in [3.05, 3.63) is 59.4 Å². The van der Waals surface area contributed by atoms with Gasteiger partial charge >= 0.3 is 0 Å². The van der Waals surface area contributed by atoms with Crippen molar-refractivity contribution < 1.29 is 23.5 Å². The van der Waals surface area contributed by atoms with Gasteiger partial charge in [0.25, 0.3) is 0 Å². The second-order valence-electron chi connectivity index (χ2n) is 4.92. The Morgan fingerprint density at radius 1 is 0.909 bits per heavy atom. The van der Waals surface area contributed by atoms with E-state index in [4.69, 9.17) is 9.47 Å². The first kappa shape index (κ1) is 14.3. The van der Waals surface area contributed by atoms with E-state index < -0.39 is 5.82 Å². The molecule has 0 atom stereocenters. The summed E-state index contributed by atoms with van der Waals surface area (Å²) in [6.45, 7) is 0.144. The molecule has 0 N–H and O–H groups in total. The normalized spacial score (nSPS) is 12.2. The van der Waals surface area contributed by atoms with E-state index in [9.17, 15) is 14.0 Å². The van der Waals surface area contributed by atoms with Crippen LogP contribution in [0.2, 0.25) is 0 Å². The van der Waals surface area contributed by atoms with Crippen molar-refractivity contribution in [1.29, 1.82) is 0 Å². The van der Waals surface area contributed by atoms with Crippen LogP contribution < -0.4 is 9.47 Å². The Kier molecular flexibility index (Phi) is 3.87. The van der Waals surface area contributed by atoms with Gasteiger partial charge in [0.2, 0.25) is 6.79 Å². The molecule has 2 aromatic carbocycles. The van der Waals surface area contributed by atoms with Gasteiger partial charge in [0.05, 0.1) is 0 Å². The van der Waals surface area contributed by atoms with Gasteiger partial charge in [0.15, 0.2) is 23.1 Å². The van der Waals surface area contributed by atoms with Gasteiger partial charge in [-0.05, 0) is 30.3 Å². The molecule has 1 heterocycles. The standard InChI is InChI=1S/C17H13FO4/c18-13-3-1-2-11(8-13)14(19)5-6-15(20)12-4-7-16-17(9-12)22-10-21-16/h1-4,7-9H,5-6,10H2. The highest BCUT2D eigenvalue weighted by Crippen LogP contribution is 2.32. The van der Waals surface area contributed by atoms with Crippen molar-refractivity contribution in [1.82, 2.24) is 0 Å². The van der Waals surface area contributed by atoms with Gasteiger partial charge in [-0.2, -0.15) is 0 Å². The number of fused-ring (bicyclic) bond motifs is 1. The van der Waals surface area contributed by atoms with Crippen LogP contribution >= 0.6 is 0 Å². The Bertz CT molecular complexity index is 739. The molecule has 0 bridgehead atoms. The van der Waals surface area contributed by atoms with Gasteiger partial charge in [0.1, 0.15) is 5.82 Å². The Balaban J connectivity index is 1.64. The van der Waals surface area contributed by atoms with Crippen LogP contribution in [-0.4, -0.2) is 18.4 Å². The summed E-state index contributed by atoms with van der Waals surface area (Å²) in [5.41, 5.74) is 0.745. The fourth-order valence-corrected chi connectivity index (χ4v) is 2.25. The number of hydrogen-bond donors (Lipinski definition) is 0. The summed E-state index contributed by atoms with van der Waals surface area (Å²) in [4.78, 5) is 24.1. The molecule has 112 valence electrons. The van der Waals surface area contributed by atoms with Gasteiger partial charge < -0.3 is 9.47 Å². The maximum Gasteiger partial charge on any atom is 0.231 e. The third-order valence-electron chi connectivity index (χ3n) is 3.42. The summed E-state index contributed by atoms with van der Waals surface area (Å²) in [7, 11) is 0. The predicted molar refractivity (Wildman–Crippen MR) is 76.9 cm³/mol. The van der Waals surface area contributed by atoms with E-state index in [0.29, 0.717) is 17.1 Å². The minimum atomic E-state index is -0.465. The monoisotopic (exact) mass is 300 g/mol. The van der Waals surface area contributed by atoms with Crippen LogP contribution in [0, 0.1) is 5.82 Å². The van der Waals surface area contributed by atoms with Crippen LogP contribution in [0.4, 0.5) is 4.39 Å². The minimum absolute atomic E-state index is 0.0384. The molecule has 4 nitrogen and oxygen atoms in total. The molecule has 0 unspecified atom stereocenters. The zero-order valence-corrected chi connectivity index (χ0v) is 11.7. The molecule has 1 aliphatic rings. The maximum absolute atomic E-state index is 13.1. The minimum Gasteiger partial charge on any atom is -0.454 e. The van der Waals surface area contributed by atoms with Crippen LogP contribution in [0.25, 0.3) is 0 Å². The number of rotatable bonds is 5. The summed E-state index contributed by atoms with van der Waals surface area (Å²) in [5, 5.41) is 0. The first-order chi connectivity index (χ1) is 10.6. The zero-order valence-electron chi connectivity index (χ0n) is 11.7. The molecule has 0 fully saturated rings. The molecule has 2 aromatic rings. The van der Waals surface area contributed by atoms with E-state index in [0.717, 1.165) is 0 Å². The van der Waals surface area contributed by atoms with E-state index in [1.807, 2.05) is 0 Å². The number of carbonyl (C=O) groups is 2. The molecular formula is C17H13FO4. The Labute approximate surface area is 126 Å². The molecule has 0 aliphatic carbocycles. The van der Waals surface area contributed by atoms with Crippen molar-refractivity contribution in [3.8, 4) is 11.5 Å². The lowest BCUT2D eigenvalue weighted by atomic mass is 10.0. The lowest BCUT2D eigenvalue weighted by molar-refractivity contribution is 0.0917. The lowest BCUT2D eigenvalue weighted by Gasteiger charge is -2.03. The number of hydrogen-bond acceptors (Lipinski definition) is 4. The summed E-state index contributed by atoms with van der Waals surface area (Å²) >= 11 is 0. The fourth-order valence-electron chi connectivity index (χ4n) is 2.25. The van der Waals surface area contributed by atoms with E-state index in [1.165, 1.54) is 24.3 Å². The average molecular weight is 300 g/mol. The lowest BCUT2D eigenvalue weighted by Crippen LogP contribution is -2.05. The third-order valence-corrected chi connectivity index (χ3v) is 3.42. The molecule has 0 spiro atoms. The van der Waals surface area contributed by atoms with Crippen molar-refractivity contribution >= 4 is 11.6 Å². The van der Waals surface area contributed by atoms with Crippen LogP contribution in [0.15, 0.2) is 42.5 Å². The molecule has 0 saturated carbocycles. The SMILES string of the molecule is O=C(CCC(=O)c1ccc2c(c1)OCO2)c1cccc(F)c1. The quantitative estimate of drug-likeness (QED) is 0.794. The largest absolute Gasteiger partial charge is 0.454 e. The first-order valence-corrected chi connectivity index (χ1v) is 6.85. The summed E-state index contributed by atoms with van der Waals surface area (Å²) in [6.07, 6.45) is 0.103. The number of halogens is 1. The van der Waals surface area contributed by atoms with Gasteiger partial charge in [0, 0.05) is 24.0 Å². The molecule has 0 radical (unpaired) electrons. The van der Waals surface area contributed by atoms with Crippen molar-refractivity contribution in [2.45, 2.75) is 12.8 Å². The molecular weight excluding hydrogens is 287 g/mol. The summed E-state index contributed by atoms with van der Waals surface area (Å²) < 4.78 is 23.5. The van der Waals surface area contributed by atoms with Gasteiger partial charge in [-0.1, -0.05) is 12.1 Å². The van der Waals surface area contributed by atoms with Crippen molar-refractivity contribution in [3.63, 3.8) is 0 Å². The van der Waals surface area contributed by atoms with Crippen LogP contribution in [0.1, 0.15) is 33.6 Å². The summed E-state index contributed by atoms with van der Waals surface area (Å²) in [6, 6.07) is 10.4. The molecule has 3 rings (SSSR count). The molecule has 1 aliphatic heterocycles. The van der Waals surface area contributed by atoms with E-state index in [1.54, 1.807) is 18.2 Å². The summed E-state index contributed by atoms with van der Waals surface area (Å²) in [5.74, 6) is 0.249. The second kappa shape index (κ2) is 5.97. The van der Waals surface area contributed by atoms with E-state index >= 15 is 0 Å². The van der Waals surface area contributed by atoms with Crippen LogP contribution in [-0.2, 0) is 0 Å². The van der Waals surface area contributed by atoms with Gasteiger partial charge in [-0.15, -0.1) is 0 Å². The predicted octanol–water partition coefficient (Wildman–Crippen LogP) is 3.40. The van der Waals surface area contributed by atoms with Crippen molar-refractivity contribution in [2.24, 2.45) is 0 Å². The van der Waals surface area contributed by atoms with E-state index in [-0.39, 0.29) is 36.8 Å². The maximum atomic E-state index is 13.1. The number of ketones is 2. The second-order valence-corrected chi connectivity index (χ2v) is 4.92. The number of benzene rings is 2. The van der Waals surface area contributed by atoms with Crippen molar-refractivity contribution in [2.75, 3.05) is 6.79 Å². The Morgan fingerprint density at radius 2 is 1.59 bits per heavy atom. The number of Topliss-reactive ketones (excluding diaryl/α,β-unsaturated/α-hetero) is 2. The molecule has 22 heavy (non-hydrogen) atoms. The van der Waals surface area contributed by atoms with Gasteiger partial charge in [-0.25, -0.2) is 4.39 Å². The third kappa shape index (κ3) is 2.98. The highest BCUT2D eigenvalue weighted by atomic mass is 19.1. The Hall–Kier alpha value is -2.69. The molecule has 0 amide bonds. The average Bonchev–Trinajstić information content (AvgIpc) is 2.99. The smallest absolute Gasteiger partial charge is 0.231 e. The number of ether oxygens (including phenoxy) is 2. The molecule has 5 heteroatoms. The van der Waals surface area contributed by atoms with Gasteiger partial charge in [-0.3, -0.25) is 9.59 Å². The van der Waals surface area contributed by atoms with E-state index in [2.05, 4.69) is 0 Å². The fraction of sp³-hybridized carbons (Fsp3) is 0.176. The molecule has 0 aromatic heterocycles. The highest BCUT2D eigenvalue weighted by Gasteiger charge is 2.17. The number of carbonyl (C=O) groups excluding carboxylic acids is 2. The molecule has 0 saturated heterocycles. The zero-order chi connectivity index (χ0) is 15.5. The first-order valence-electron chi connectivity index (χ1n) is 6.85.